The molecule has 1 aromatic heterocycles. The van der Waals surface area contributed by atoms with Crippen LogP contribution in [0, 0.1) is 5.92 Å². The molecule has 0 radical (unpaired) electrons. The summed E-state index contributed by atoms with van der Waals surface area (Å²) in [5.74, 6) is -1.11. The SMILES string of the molecule is COc1ccc(N2C(=O)[C@H]3[C@H](c4cc(Br)ccc4OCC(=O)N4CCCCC4)c4sc(=O)[nH]c4S[C@H]3C2=O)cc1. The van der Waals surface area contributed by atoms with E-state index in [0.29, 0.717) is 32.7 Å². The van der Waals surface area contributed by atoms with Gasteiger partial charge in [0.25, 0.3) is 5.91 Å². The number of nitrogens with zero attached hydrogens (tertiary/aromatic N) is 2. The van der Waals surface area contributed by atoms with Crippen LogP contribution in [0.3, 0.4) is 0 Å². The summed E-state index contributed by atoms with van der Waals surface area (Å²) in [5.41, 5.74) is 1.10. The van der Waals surface area contributed by atoms with Crippen molar-refractivity contribution in [3.63, 3.8) is 0 Å². The molecule has 3 aliphatic heterocycles. The van der Waals surface area contributed by atoms with E-state index in [1.165, 1.54) is 16.7 Å². The van der Waals surface area contributed by atoms with Gasteiger partial charge < -0.3 is 19.4 Å². The molecule has 3 atom stereocenters. The van der Waals surface area contributed by atoms with Gasteiger partial charge in [-0.3, -0.25) is 19.2 Å². The third kappa shape index (κ3) is 4.86. The number of carbonyl (C=O) groups is 3. The molecule has 40 heavy (non-hydrogen) atoms. The number of likely N-dealkylation sites (tertiary alicyclic amines) is 1. The van der Waals surface area contributed by atoms with E-state index >= 15 is 0 Å². The predicted octanol–water partition coefficient (Wildman–Crippen LogP) is 4.39. The van der Waals surface area contributed by atoms with Crippen molar-refractivity contribution in [3.8, 4) is 11.5 Å². The van der Waals surface area contributed by atoms with Gasteiger partial charge in [-0.1, -0.05) is 39.0 Å². The molecule has 2 saturated heterocycles. The number of nitrogens with one attached hydrogen (secondary N) is 1. The highest BCUT2D eigenvalue weighted by molar-refractivity contribution is 9.10. The predicted molar refractivity (Wildman–Crippen MR) is 155 cm³/mol. The minimum absolute atomic E-state index is 0.0876. The van der Waals surface area contributed by atoms with Crippen LogP contribution in [-0.2, 0) is 14.4 Å². The summed E-state index contributed by atoms with van der Waals surface area (Å²) >= 11 is 5.79. The molecule has 6 rings (SSSR count). The Bertz CT molecular complexity index is 1530. The molecule has 0 unspecified atom stereocenters. The van der Waals surface area contributed by atoms with Crippen LogP contribution in [0.2, 0.25) is 0 Å². The number of piperidine rings is 1. The number of hydrogen-bond donors (Lipinski definition) is 1. The average molecular weight is 645 g/mol. The summed E-state index contributed by atoms with van der Waals surface area (Å²) < 4.78 is 12.1. The second-order valence-electron chi connectivity index (χ2n) is 9.87. The number of fused-ring (bicyclic) bond motifs is 2. The van der Waals surface area contributed by atoms with Crippen LogP contribution in [0.5, 0.6) is 11.5 Å². The molecule has 3 aromatic rings. The van der Waals surface area contributed by atoms with Crippen molar-refractivity contribution in [1.82, 2.24) is 9.88 Å². The Morgan fingerprint density at radius 2 is 1.80 bits per heavy atom. The Hall–Kier alpha value is -3.09. The quantitative estimate of drug-likeness (QED) is 0.397. The first kappa shape index (κ1) is 27.1. The second-order valence-corrected chi connectivity index (χ2v) is 13.0. The van der Waals surface area contributed by atoms with Gasteiger partial charge in [-0.05, 0) is 61.7 Å². The number of thioether (sulfide) groups is 1. The summed E-state index contributed by atoms with van der Waals surface area (Å²) in [6.45, 7) is 1.31. The molecule has 9 nitrogen and oxygen atoms in total. The molecular weight excluding hydrogens is 618 g/mol. The van der Waals surface area contributed by atoms with E-state index in [4.69, 9.17) is 9.47 Å². The number of aromatic amines is 1. The maximum Gasteiger partial charge on any atom is 0.305 e. The Labute approximate surface area is 247 Å². The number of methoxy groups -OCH3 is 1. The van der Waals surface area contributed by atoms with Gasteiger partial charge in [0.05, 0.1) is 23.7 Å². The van der Waals surface area contributed by atoms with Gasteiger partial charge in [-0.15, -0.1) is 0 Å². The van der Waals surface area contributed by atoms with Crippen molar-refractivity contribution in [2.75, 3.05) is 31.7 Å². The maximum atomic E-state index is 14.0. The third-order valence-electron chi connectivity index (χ3n) is 7.52. The largest absolute Gasteiger partial charge is 0.497 e. The fourth-order valence-corrected chi connectivity index (χ4v) is 8.49. The Morgan fingerprint density at radius 1 is 1.05 bits per heavy atom. The van der Waals surface area contributed by atoms with Crippen LogP contribution >= 0.6 is 39.0 Å². The molecule has 208 valence electrons. The lowest BCUT2D eigenvalue weighted by molar-refractivity contribution is -0.134. The zero-order valence-corrected chi connectivity index (χ0v) is 24.8. The highest BCUT2D eigenvalue weighted by Gasteiger charge is 2.56. The van der Waals surface area contributed by atoms with Crippen molar-refractivity contribution in [1.29, 1.82) is 0 Å². The van der Waals surface area contributed by atoms with Gasteiger partial charge in [0.2, 0.25) is 11.8 Å². The first-order valence-electron chi connectivity index (χ1n) is 13.0. The Balaban J connectivity index is 1.38. The van der Waals surface area contributed by atoms with Crippen LogP contribution in [0.25, 0.3) is 0 Å². The highest BCUT2D eigenvalue weighted by atomic mass is 79.9. The van der Waals surface area contributed by atoms with Crippen molar-refractivity contribution < 1.29 is 23.9 Å². The van der Waals surface area contributed by atoms with Gasteiger partial charge in [0, 0.05) is 33.9 Å². The Kier molecular flexibility index (Phi) is 7.49. The lowest BCUT2D eigenvalue weighted by Gasteiger charge is -2.31. The van der Waals surface area contributed by atoms with E-state index in [-0.39, 0.29) is 29.2 Å². The Morgan fingerprint density at radius 3 is 2.52 bits per heavy atom. The molecular formula is C28H26BrN3O6S2. The molecule has 2 aromatic carbocycles. The average Bonchev–Trinajstić information content (AvgIpc) is 3.46. The van der Waals surface area contributed by atoms with Crippen molar-refractivity contribution >= 4 is 62.4 Å². The molecule has 0 saturated carbocycles. The molecule has 2 fully saturated rings. The molecule has 12 heteroatoms. The van der Waals surface area contributed by atoms with Gasteiger partial charge in [0.1, 0.15) is 16.7 Å². The number of amides is 3. The zero-order valence-electron chi connectivity index (χ0n) is 21.6. The summed E-state index contributed by atoms with van der Waals surface area (Å²) in [7, 11) is 1.55. The van der Waals surface area contributed by atoms with E-state index in [1.54, 1.807) is 37.4 Å². The van der Waals surface area contributed by atoms with Crippen molar-refractivity contribution in [2.24, 2.45) is 5.92 Å². The van der Waals surface area contributed by atoms with Crippen LogP contribution in [0.1, 0.15) is 35.6 Å². The molecule has 4 heterocycles. The van der Waals surface area contributed by atoms with Crippen molar-refractivity contribution in [2.45, 2.75) is 35.5 Å². The summed E-state index contributed by atoms with van der Waals surface area (Å²) in [5, 5.41) is -0.159. The number of rotatable bonds is 6. The van der Waals surface area contributed by atoms with Crippen LogP contribution < -0.4 is 19.2 Å². The van der Waals surface area contributed by atoms with E-state index in [2.05, 4.69) is 20.9 Å². The first-order chi connectivity index (χ1) is 19.4. The number of thiazole rings is 1. The molecule has 0 bridgehead atoms. The first-order valence-corrected chi connectivity index (χ1v) is 15.5. The topological polar surface area (TPSA) is 109 Å². The van der Waals surface area contributed by atoms with E-state index in [1.807, 2.05) is 17.0 Å². The zero-order chi connectivity index (χ0) is 28.0. The minimum Gasteiger partial charge on any atom is -0.497 e. The number of ether oxygens (including phenoxy) is 2. The molecule has 3 amide bonds. The van der Waals surface area contributed by atoms with E-state index in [9.17, 15) is 19.2 Å². The van der Waals surface area contributed by atoms with E-state index < -0.39 is 17.1 Å². The normalized spacial score (nSPS) is 22.2. The number of imide groups is 1. The number of benzene rings is 2. The van der Waals surface area contributed by atoms with Gasteiger partial charge in [-0.2, -0.15) is 0 Å². The van der Waals surface area contributed by atoms with E-state index in [0.717, 1.165) is 48.2 Å². The molecule has 0 aliphatic carbocycles. The molecule has 0 spiro atoms. The fraction of sp³-hybridized carbons (Fsp3) is 0.357. The number of hydrogen-bond acceptors (Lipinski definition) is 8. The summed E-state index contributed by atoms with van der Waals surface area (Å²) in [6, 6.07) is 12.2. The highest BCUT2D eigenvalue weighted by Crippen LogP contribution is 2.54. The van der Waals surface area contributed by atoms with Gasteiger partial charge in [0.15, 0.2) is 6.61 Å². The maximum absolute atomic E-state index is 14.0. The third-order valence-corrected chi connectivity index (χ3v) is 10.4. The second kappa shape index (κ2) is 11.1. The standard InChI is InChI=1S/C28H26BrN3O6S2/c1-37-17-8-6-16(7-9-17)32-26(34)22-21(23-25(30-28(36)40-23)39-24(22)27(32)35)18-13-15(29)5-10-19(18)38-14-20(33)31-11-3-2-4-12-31/h5-10,13,21-22,24H,2-4,11-12,14H2,1H3,(H,30,36)/t21-,22-,24+/m0/s1. The van der Waals surface area contributed by atoms with Crippen molar-refractivity contribution in [3.05, 3.63) is 67.0 Å². The van der Waals surface area contributed by atoms with Crippen LogP contribution in [0.15, 0.2) is 56.8 Å². The number of carbonyl (C=O) groups excluding carboxylic acids is 3. The number of H-pyrrole nitrogens is 1. The minimum atomic E-state index is -0.770. The lowest BCUT2D eigenvalue weighted by atomic mass is 9.82. The summed E-state index contributed by atoms with van der Waals surface area (Å²) in [6.07, 6.45) is 3.08. The lowest BCUT2D eigenvalue weighted by Crippen LogP contribution is -2.38. The number of halogens is 1. The molecule has 1 N–H and O–H groups in total. The van der Waals surface area contributed by atoms with Crippen LogP contribution in [-0.4, -0.2) is 59.7 Å². The number of aromatic nitrogens is 1. The monoisotopic (exact) mass is 643 g/mol. The fourth-order valence-electron chi connectivity index (χ4n) is 5.61. The summed E-state index contributed by atoms with van der Waals surface area (Å²) in [4.78, 5) is 59.4. The number of anilines is 1. The van der Waals surface area contributed by atoms with Gasteiger partial charge >= 0.3 is 4.87 Å². The van der Waals surface area contributed by atoms with Crippen LogP contribution in [0.4, 0.5) is 5.69 Å². The molecule has 3 aliphatic rings. The smallest absolute Gasteiger partial charge is 0.305 e. The van der Waals surface area contributed by atoms with Gasteiger partial charge in [-0.25, -0.2) is 4.90 Å².